The second-order valence-electron chi connectivity index (χ2n) is 5.16. The summed E-state index contributed by atoms with van der Waals surface area (Å²) >= 11 is 0. The first-order valence-electron chi connectivity index (χ1n) is 6.67. The van der Waals surface area contributed by atoms with Crippen LogP contribution < -0.4 is 0 Å². The number of amides is 1. The van der Waals surface area contributed by atoms with E-state index in [4.69, 9.17) is 0 Å². The van der Waals surface area contributed by atoms with E-state index in [9.17, 15) is 9.18 Å². The molecule has 1 amide bonds. The second kappa shape index (κ2) is 5.51. The van der Waals surface area contributed by atoms with Crippen molar-refractivity contribution in [3.63, 3.8) is 0 Å². The standard InChI is InChI=1S/C15H20FNO/c1-3-8-17(10-12-5-6-12)15(18)13-7-4-11(2)14(16)9-13/h4,7,9,12H,3,5-6,8,10H2,1-2H3. The average molecular weight is 249 g/mol. The third-order valence-corrected chi connectivity index (χ3v) is 3.38. The molecule has 0 aromatic heterocycles. The van der Waals surface area contributed by atoms with E-state index in [0.29, 0.717) is 17.0 Å². The van der Waals surface area contributed by atoms with Gasteiger partial charge in [-0.2, -0.15) is 0 Å². The van der Waals surface area contributed by atoms with Crippen LogP contribution in [0.1, 0.15) is 42.1 Å². The lowest BCUT2D eigenvalue weighted by Crippen LogP contribution is -2.33. The molecule has 98 valence electrons. The number of nitrogens with zero attached hydrogens (tertiary/aromatic N) is 1. The fourth-order valence-corrected chi connectivity index (χ4v) is 2.07. The molecule has 0 spiro atoms. The Hall–Kier alpha value is -1.38. The minimum Gasteiger partial charge on any atom is -0.338 e. The largest absolute Gasteiger partial charge is 0.338 e. The number of benzene rings is 1. The fraction of sp³-hybridized carbons (Fsp3) is 0.533. The van der Waals surface area contributed by atoms with Gasteiger partial charge in [0.1, 0.15) is 5.82 Å². The van der Waals surface area contributed by atoms with E-state index in [1.807, 2.05) is 4.90 Å². The topological polar surface area (TPSA) is 20.3 Å². The van der Waals surface area contributed by atoms with Gasteiger partial charge < -0.3 is 4.90 Å². The number of aryl methyl sites for hydroxylation is 1. The van der Waals surface area contributed by atoms with Gasteiger partial charge in [0.15, 0.2) is 0 Å². The van der Waals surface area contributed by atoms with Crippen LogP contribution in [0.25, 0.3) is 0 Å². The van der Waals surface area contributed by atoms with Crippen LogP contribution in [0.2, 0.25) is 0 Å². The second-order valence-corrected chi connectivity index (χ2v) is 5.16. The van der Waals surface area contributed by atoms with E-state index in [-0.39, 0.29) is 11.7 Å². The minimum absolute atomic E-state index is 0.0392. The van der Waals surface area contributed by atoms with Crippen LogP contribution in [0.15, 0.2) is 18.2 Å². The highest BCUT2D eigenvalue weighted by Gasteiger charge is 2.27. The molecule has 1 saturated carbocycles. The first-order valence-corrected chi connectivity index (χ1v) is 6.67. The lowest BCUT2D eigenvalue weighted by atomic mass is 10.1. The molecule has 0 bridgehead atoms. The van der Waals surface area contributed by atoms with Gasteiger partial charge in [-0.05, 0) is 49.8 Å². The summed E-state index contributed by atoms with van der Waals surface area (Å²) in [5.74, 6) is 0.321. The first kappa shape index (κ1) is 13.1. The molecule has 0 saturated heterocycles. The SMILES string of the molecule is CCCN(CC1CC1)C(=O)c1ccc(C)c(F)c1. The Morgan fingerprint density at radius 2 is 2.17 bits per heavy atom. The summed E-state index contributed by atoms with van der Waals surface area (Å²) in [7, 11) is 0. The zero-order valence-electron chi connectivity index (χ0n) is 11.1. The molecule has 2 nitrogen and oxygen atoms in total. The Morgan fingerprint density at radius 3 is 2.72 bits per heavy atom. The molecular weight excluding hydrogens is 229 g/mol. The van der Waals surface area contributed by atoms with E-state index < -0.39 is 0 Å². The maximum atomic E-state index is 13.5. The average Bonchev–Trinajstić information content (AvgIpc) is 3.15. The third-order valence-electron chi connectivity index (χ3n) is 3.38. The Kier molecular flexibility index (Phi) is 4.00. The third kappa shape index (κ3) is 3.09. The number of halogens is 1. The summed E-state index contributed by atoms with van der Waals surface area (Å²) in [6, 6.07) is 4.74. The van der Waals surface area contributed by atoms with Crippen molar-refractivity contribution < 1.29 is 9.18 Å². The molecule has 1 aliphatic carbocycles. The molecule has 0 aliphatic heterocycles. The molecule has 1 aliphatic rings. The van der Waals surface area contributed by atoms with Crippen molar-refractivity contribution in [1.82, 2.24) is 4.90 Å². The van der Waals surface area contributed by atoms with Gasteiger partial charge in [0.25, 0.3) is 5.91 Å². The summed E-state index contributed by atoms with van der Waals surface area (Å²) < 4.78 is 13.5. The van der Waals surface area contributed by atoms with E-state index >= 15 is 0 Å². The Labute approximate surface area is 108 Å². The van der Waals surface area contributed by atoms with Crippen molar-refractivity contribution in [3.8, 4) is 0 Å². The molecule has 1 aromatic carbocycles. The molecule has 18 heavy (non-hydrogen) atoms. The zero-order chi connectivity index (χ0) is 13.1. The van der Waals surface area contributed by atoms with Gasteiger partial charge in [0.05, 0.1) is 0 Å². The van der Waals surface area contributed by atoms with Gasteiger partial charge in [-0.15, -0.1) is 0 Å². The maximum absolute atomic E-state index is 13.5. The molecule has 3 heteroatoms. The predicted molar refractivity (Wildman–Crippen MR) is 70.1 cm³/mol. The number of carbonyl (C=O) groups is 1. The van der Waals surface area contributed by atoms with Crippen LogP contribution in [0, 0.1) is 18.7 Å². The van der Waals surface area contributed by atoms with E-state index in [1.54, 1.807) is 19.1 Å². The van der Waals surface area contributed by atoms with Crippen LogP contribution in [0.5, 0.6) is 0 Å². The number of carbonyl (C=O) groups excluding carboxylic acids is 1. The monoisotopic (exact) mass is 249 g/mol. The quantitative estimate of drug-likeness (QED) is 0.783. The smallest absolute Gasteiger partial charge is 0.253 e. The Balaban J connectivity index is 2.12. The Bertz CT molecular complexity index is 440. The molecule has 0 unspecified atom stereocenters. The Morgan fingerprint density at radius 1 is 1.44 bits per heavy atom. The van der Waals surface area contributed by atoms with Gasteiger partial charge >= 0.3 is 0 Å². The van der Waals surface area contributed by atoms with Gasteiger partial charge in [-0.3, -0.25) is 4.79 Å². The molecule has 2 rings (SSSR count). The first-order chi connectivity index (χ1) is 8.61. The van der Waals surface area contributed by atoms with Crippen LogP contribution in [0.3, 0.4) is 0 Å². The highest BCUT2D eigenvalue weighted by molar-refractivity contribution is 5.94. The minimum atomic E-state index is -0.302. The van der Waals surface area contributed by atoms with Crippen LogP contribution in [-0.2, 0) is 0 Å². The van der Waals surface area contributed by atoms with Crippen molar-refractivity contribution >= 4 is 5.91 Å². The van der Waals surface area contributed by atoms with Crippen LogP contribution in [-0.4, -0.2) is 23.9 Å². The summed E-state index contributed by atoms with van der Waals surface area (Å²) in [4.78, 5) is 14.2. The fourth-order valence-electron chi connectivity index (χ4n) is 2.07. The summed E-state index contributed by atoms with van der Waals surface area (Å²) in [5, 5.41) is 0. The molecule has 0 radical (unpaired) electrons. The van der Waals surface area contributed by atoms with Crippen molar-refractivity contribution in [2.45, 2.75) is 33.1 Å². The lowest BCUT2D eigenvalue weighted by molar-refractivity contribution is 0.0747. The van der Waals surface area contributed by atoms with Gasteiger partial charge in [0.2, 0.25) is 0 Å². The lowest BCUT2D eigenvalue weighted by Gasteiger charge is -2.22. The van der Waals surface area contributed by atoms with Gasteiger partial charge in [-0.25, -0.2) is 4.39 Å². The van der Waals surface area contributed by atoms with Crippen molar-refractivity contribution in [3.05, 3.63) is 35.1 Å². The normalized spacial score (nSPS) is 14.6. The van der Waals surface area contributed by atoms with Crippen LogP contribution >= 0.6 is 0 Å². The van der Waals surface area contributed by atoms with Gasteiger partial charge in [0, 0.05) is 18.7 Å². The van der Waals surface area contributed by atoms with Gasteiger partial charge in [-0.1, -0.05) is 13.0 Å². The van der Waals surface area contributed by atoms with Crippen molar-refractivity contribution in [2.24, 2.45) is 5.92 Å². The predicted octanol–water partition coefficient (Wildman–Crippen LogP) is 3.40. The number of hydrogen-bond donors (Lipinski definition) is 0. The van der Waals surface area contributed by atoms with Crippen LogP contribution in [0.4, 0.5) is 4.39 Å². The molecule has 0 heterocycles. The molecule has 1 fully saturated rings. The summed E-state index contributed by atoms with van der Waals surface area (Å²) in [6.07, 6.45) is 3.37. The molecule has 0 N–H and O–H groups in total. The maximum Gasteiger partial charge on any atom is 0.253 e. The molecule has 0 atom stereocenters. The van der Waals surface area contributed by atoms with E-state index in [2.05, 4.69) is 6.92 Å². The summed E-state index contributed by atoms with van der Waals surface area (Å²) in [6.45, 7) is 5.34. The zero-order valence-corrected chi connectivity index (χ0v) is 11.1. The van der Waals surface area contributed by atoms with Crippen molar-refractivity contribution in [1.29, 1.82) is 0 Å². The number of rotatable bonds is 5. The van der Waals surface area contributed by atoms with Crippen molar-refractivity contribution in [2.75, 3.05) is 13.1 Å². The molecule has 1 aromatic rings. The highest BCUT2D eigenvalue weighted by Crippen LogP contribution is 2.30. The van der Waals surface area contributed by atoms with E-state index in [0.717, 1.165) is 19.5 Å². The summed E-state index contributed by atoms with van der Waals surface area (Å²) in [5.41, 5.74) is 1.04. The van der Waals surface area contributed by atoms with E-state index in [1.165, 1.54) is 18.9 Å². The highest BCUT2D eigenvalue weighted by atomic mass is 19.1. The molecular formula is C15H20FNO. The number of hydrogen-bond acceptors (Lipinski definition) is 1.